The van der Waals surface area contributed by atoms with Gasteiger partial charge in [0.15, 0.2) is 0 Å². The first-order chi connectivity index (χ1) is 7.25. The van der Waals surface area contributed by atoms with E-state index in [-0.39, 0.29) is 0 Å². The second kappa shape index (κ2) is 5.28. The Morgan fingerprint density at radius 1 is 1.53 bits per heavy atom. The lowest BCUT2D eigenvalue weighted by Crippen LogP contribution is -2.30. The molecule has 82 valence electrons. The summed E-state index contributed by atoms with van der Waals surface area (Å²) >= 11 is 5.34. The third-order valence-corrected chi connectivity index (χ3v) is 4.44. The Morgan fingerprint density at radius 3 is 3.00 bits per heavy atom. The molecule has 0 fully saturated rings. The molecule has 1 heterocycles. The van der Waals surface area contributed by atoms with E-state index in [4.69, 9.17) is 0 Å². The molecule has 0 saturated carbocycles. The summed E-state index contributed by atoms with van der Waals surface area (Å²) in [5.41, 5.74) is 0. The van der Waals surface area contributed by atoms with Crippen molar-refractivity contribution in [3.05, 3.63) is 32.9 Å². The molecule has 0 bridgehead atoms. The fraction of sp³-hybridized carbons (Fsp3) is 0.500. The summed E-state index contributed by atoms with van der Waals surface area (Å²) in [5, 5.41) is 0. The van der Waals surface area contributed by atoms with E-state index in [1.165, 1.54) is 27.9 Å². The summed E-state index contributed by atoms with van der Waals surface area (Å²) < 4.78 is 1.23. The first-order valence-corrected chi connectivity index (χ1v) is 6.98. The highest BCUT2D eigenvalue weighted by molar-refractivity contribution is 9.11. The van der Waals surface area contributed by atoms with Crippen LogP contribution in [0.1, 0.15) is 24.1 Å². The SMILES string of the molecule is CN(Cc1ccc(Br)s1)C1C=CCCC1. The van der Waals surface area contributed by atoms with Crippen LogP contribution in [0.3, 0.4) is 0 Å². The molecule has 0 radical (unpaired) electrons. The largest absolute Gasteiger partial charge is 0.295 e. The lowest BCUT2D eigenvalue weighted by atomic mass is 10.0. The van der Waals surface area contributed by atoms with E-state index in [0.29, 0.717) is 6.04 Å². The maximum absolute atomic E-state index is 3.50. The molecular formula is C12H16BrNS. The van der Waals surface area contributed by atoms with Crippen molar-refractivity contribution in [2.24, 2.45) is 0 Å². The highest BCUT2D eigenvalue weighted by Crippen LogP contribution is 2.24. The van der Waals surface area contributed by atoms with Gasteiger partial charge >= 0.3 is 0 Å². The third kappa shape index (κ3) is 3.16. The highest BCUT2D eigenvalue weighted by atomic mass is 79.9. The summed E-state index contributed by atoms with van der Waals surface area (Å²) in [7, 11) is 2.22. The zero-order valence-corrected chi connectivity index (χ0v) is 11.4. The Bertz CT molecular complexity index is 345. The Morgan fingerprint density at radius 2 is 2.40 bits per heavy atom. The number of rotatable bonds is 3. The molecule has 2 rings (SSSR count). The maximum Gasteiger partial charge on any atom is 0.0701 e. The Kier molecular flexibility index (Phi) is 4.00. The molecule has 1 nitrogen and oxygen atoms in total. The maximum atomic E-state index is 3.50. The first kappa shape index (κ1) is 11.4. The molecule has 0 saturated heterocycles. The summed E-state index contributed by atoms with van der Waals surface area (Å²) in [5.74, 6) is 0. The average molecular weight is 286 g/mol. The standard InChI is InChI=1S/C12H16BrNS/c1-14(10-5-3-2-4-6-10)9-11-7-8-12(13)15-11/h3,5,7-8,10H,2,4,6,9H2,1H3. The Balaban J connectivity index is 1.93. The zero-order chi connectivity index (χ0) is 10.7. The van der Waals surface area contributed by atoms with Gasteiger partial charge in [0.05, 0.1) is 3.79 Å². The minimum absolute atomic E-state index is 0.639. The van der Waals surface area contributed by atoms with Crippen LogP contribution in [0.15, 0.2) is 28.1 Å². The summed E-state index contributed by atoms with van der Waals surface area (Å²) in [6.07, 6.45) is 8.56. The molecular weight excluding hydrogens is 270 g/mol. The normalized spacial score (nSPS) is 21.1. The van der Waals surface area contributed by atoms with Crippen molar-refractivity contribution >= 4 is 27.3 Å². The van der Waals surface area contributed by atoms with Crippen LogP contribution in [0.2, 0.25) is 0 Å². The van der Waals surface area contributed by atoms with Crippen molar-refractivity contribution in [2.45, 2.75) is 31.8 Å². The summed E-state index contributed by atoms with van der Waals surface area (Å²) in [4.78, 5) is 3.87. The number of hydrogen-bond donors (Lipinski definition) is 0. The molecule has 1 aliphatic rings. The van der Waals surface area contributed by atoms with E-state index in [1.54, 1.807) is 0 Å². The van der Waals surface area contributed by atoms with Gasteiger partial charge in [-0.3, -0.25) is 4.90 Å². The number of hydrogen-bond acceptors (Lipinski definition) is 2. The fourth-order valence-corrected chi connectivity index (χ4v) is 3.51. The van der Waals surface area contributed by atoms with Gasteiger partial charge in [0.2, 0.25) is 0 Å². The van der Waals surface area contributed by atoms with E-state index in [9.17, 15) is 0 Å². The van der Waals surface area contributed by atoms with Gasteiger partial charge in [-0.05, 0) is 54.4 Å². The van der Waals surface area contributed by atoms with Crippen LogP contribution in [-0.2, 0) is 6.54 Å². The van der Waals surface area contributed by atoms with E-state index < -0.39 is 0 Å². The number of nitrogens with zero attached hydrogens (tertiary/aromatic N) is 1. The van der Waals surface area contributed by atoms with Crippen LogP contribution < -0.4 is 0 Å². The van der Waals surface area contributed by atoms with Gasteiger partial charge in [-0.15, -0.1) is 11.3 Å². The second-order valence-corrected chi connectivity index (χ2v) is 6.59. The lowest BCUT2D eigenvalue weighted by molar-refractivity contribution is 0.256. The molecule has 0 spiro atoms. The third-order valence-electron chi connectivity index (χ3n) is 2.83. The van der Waals surface area contributed by atoms with Crippen molar-refractivity contribution < 1.29 is 0 Å². The van der Waals surface area contributed by atoms with Crippen molar-refractivity contribution in [1.29, 1.82) is 0 Å². The smallest absolute Gasteiger partial charge is 0.0701 e. The lowest BCUT2D eigenvalue weighted by Gasteiger charge is -2.27. The van der Waals surface area contributed by atoms with Crippen LogP contribution in [0, 0.1) is 0 Å². The van der Waals surface area contributed by atoms with Crippen molar-refractivity contribution in [3.8, 4) is 0 Å². The molecule has 0 aliphatic heterocycles. The fourth-order valence-electron chi connectivity index (χ4n) is 1.96. The topological polar surface area (TPSA) is 3.24 Å². The quantitative estimate of drug-likeness (QED) is 0.758. The number of halogens is 1. The van der Waals surface area contributed by atoms with Gasteiger partial charge in [0, 0.05) is 17.5 Å². The van der Waals surface area contributed by atoms with Crippen LogP contribution >= 0.6 is 27.3 Å². The van der Waals surface area contributed by atoms with Crippen molar-refractivity contribution in [2.75, 3.05) is 7.05 Å². The minimum atomic E-state index is 0.639. The molecule has 0 N–H and O–H groups in total. The van der Waals surface area contributed by atoms with Gasteiger partial charge in [-0.2, -0.15) is 0 Å². The molecule has 1 unspecified atom stereocenters. The number of likely N-dealkylation sites (N-methyl/N-ethyl adjacent to an activating group) is 1. The minimum Gasteiger partial charge on any atom is -0.295 e. The van der Waals surface area contributed by atoms with E-state index >= 15 is 0 Å². The molecule has 1 aliphatic carbocycles. The van der Waals surface area contributed by atoms with E-state index in [1.807, 2.05) is 11.3 Å². The molecule has 0 amide bonds. The highest BCUT2D eigenvalue weighted by Gasteiger charge is 2.14. The van der Waals surface area contributed by atoms with Crippen molar-refractivity contribution in [1.82, 2.24) is 4.90 Å². The summed E-state index contributed by atoms with van der Waals surface area (Å²) in [6, 6.07) is 4.97. The van der Waals surface area contributed by atoms with E-state index in [0.717, 1.165) is 6.54 Å². The first-order valence-electron chi connectivity index (χ1n) is 5.37. The van der Waals surface area contributed by atoms with Gasteiger partial charge < -0.3 is 0 Å². The van der Waals surface area contributed by atoms with Gasteiger partial charge in [0.1, 0.15) is 0 Å². The molecule has 0 aromatic carbocycles. The summed E-state index contributed by atoms with van der Waals surface area (Å²) in [6.45, 7) is 1.06. The second-order valence-electron chi connectivity index (χ2n) is 4.05. The Hall–Kier alpha value is -0.120. The van der Waals surface area contributed by atoms with Gasteiger partial charge in [-0.25, -0.2) is 0 Å². The molecule has 1 atom stereocenters. The molecule has 1 aromatic rings. The Labute approximate surface area is 104 Å². The van der Waals surface area contributed by atoms with Crippen LogP contribution in [-0.4, -0.2) is 18.0 Å². The van der Waals surface area contributed by atoms with E-state index in [2.05, 4.69) is 52.2 Å². The van der Waals surface area contributed by atoms with Gasteiger partial charge in [-0.1, -0.05) is 12.2 Å². The average Bonchev–Trinajstić information content (AvgIpc) is 2.65. The molecule has 15 heavy (non-hydrogen) atoms. The zero-order valence-electron chi connectivity index (χ0n) is 8.95. The predicted octanol–water partition coefficient (Wildman–Crippen LogP) is 4.05. The molecule has 1 aromatic heterocycles. The number of thiophene rings is 1. The van der Waals surface area contributed by atoms with Crippen molar-refractivity contribution in [3.63, 3.8) is 0 Å². The van der Waals surface area contributed by atoms with Crippen LogP contribution in [0.5, 0.6) is 0 Å². The molecule has 3 heteroatoms. The predicted molar refractivity (Wildman–Crippen MR) is 70.3 cm³/mol. The number of allylic oxidation sites excluding steroid dienone is 1. The van der Waals surface area contributed by atoms with Crippen LogP contribution in [0.4, 0.5) is 0 Å². The van der Waals surface area contributed by atoms with Crippen LogP contribution in [0.25, 0.3) is 0 Å². The van der Waals surface area contributed by atoms with Gasteiger partial charge in [0.25, 0.3) is 0 Å². The monoisotopic (exact) mass is 285 g/mol.